The number of aromatic nitrogens is 1. The van der Waals surface area contributed by atoms with Crippen molar-refractivity contribution in [2.24, 2.45) is 5.92 Å². The van der Waals surface area contributed by atoms with Crippen molar-refractivity contribution in [3.8, 4) is 0 Å². The van der Waals surface area contributed by atoms with Crippen molar-refractivity contribution in [3.63, 3.8) is 0 Å². The van der Waals surface area contributed by atoms with Gasteiger partial charge in [0.15, 0.2) is 0 Å². The molecule has 78 heavy (non-hydrogen) atoms. The Bertz CT molecular complexity index is 2500. The number of aromatic amines is 1. The number of esters is 1. The van der Waals surface area contributed by atoms with Crippen molar-refractivity contribution < 1.29 is 81.2 Å². The Kier molecular flexibility index (Phi) is 24.8. The van der Waals surface area contributed by atoms with Gasteiger partial charge in [-0.2, -0.15) is 30.7 Å². The summed E-state index contributed by atoms with van der Waals surface area (Å²) < 4.78 is 86.6. The average Bonchev–Trinajstić information content (AvgIpc) is 3.76. The van der Waals surface area contributed by atoms with E-state index >= 15 is 0 Å². The lowest BCUT2D eigenvalue weighted by atomic mass is 9.72. The van der Waals surface area contributed by atoms with Crippen LogP contribution in [0.4, 0.5) is 35.5 Å². The number of thiophene rings is 2. The minimum Gasteiger partial charge on any atom is -1.00 e. The van der Waals surface area contributed by atoms with Gasteiger partial charge in [-0.15, -0.1) is 29.3 Å². The smallest absolute Gasteiger partial charge is 0.401 e. The molecule has 4 saturated heterocycles. The van der Waals surface area contributed by atoms with Gasteiger partial charge in [-0.1, -0.05) is 30.3 Å². The van der Waals surface area contributed by atoms with E-state index in [0.717, 1.165) is 55.2 Å². The molecule has 1 aromatic carbocycles. The molecule has 1 aliphatic carbocycles. The number of rotatable bonds is 13. The topological polar surface area (TPSA) is 131 Å². The first kappa shape index (κ1) is 68.6. The van der Waals surface area contributed by atoms with Gasteiger partial charge in [-0.05, 0) is 168 Å². The number of H-pyrrole nitrogens is 1. The van der Waals surface area contributed by atoms with Gasteiger partial charge >= 0.3 is 31.7 Å². The predicted octanol–water partition coefficient (Wildman–Crippen LogP) is 9.49. The second-order valence-corrected chi connectivity index (χ2v) is 25.6. The lowest BCUT2D eigenvalue weighted by Crippen LogP contribution is -3.00. The SMILES string of the molecule is C=CCN1C[C@H](C(=O)N(CCCN(C)C)C(=O)NCC)C[C@@H]2c3cccc4[nH]cc(c34)C[C@H]21.C[N+]1(C)[C@@H]2CC(OC(=O)C(O)(c3cccs3)c3cccs3)C[C@H]1[C@@H]1O[C@@H]12.FC(Cl)(Cl)Cl.FC(F)(Cl)C(F)(F)Cl.FC(F)(Cl)Cl.[Br-]. The highest BCUT2D eigenvalue weighted by molar-refractivity contribution is 7.12. The highest BCUT2D eigenvalue weighted by atomic mass is 79.9. The van der Waals surface area contributed by atoms with E-state index in [9.17, 15) is 50.2 Å². The zero-order chi connectivity index (χ0) is 57.6. The summed E-state index contributed by atoms with van der Waals surface area (Å²) in [7, 11) is 8.50. The number of aliphatic hydroxyl groups is 1. The summed E-state index contributed by atoms with van der Waals surface area (Å²) >= 11 is 31.4. The van der Waals surface area contributed by atoms with E-state index in [4.69, 9.17) is 9.47 Å². The zero-order valence-corrected chi connectivity index (χ0v) is 51.0. The van der Waals surface area contributed by atoms with E-state index in [2.05, 4.69) is 146 Å². The number of fused-ring (bicyclic) bond motifs is 7. The number of carbonyl (C=O) groups is 3. The molecule has 2 bridgehead atoms. The number of nitrogens with one attached hydrogen (secondary N) is 2. The Morgan fingerprint density at radius 1 is 0.897 bits per heavy atom. The number of nitrogens with zero attached hydrogens (tertiary/aromatic N) is 4. The standard InChI is InChI=1S/C26H37N5O2.C19H22NO4S2.C2Cl2F4.CCl3F.CCl2F2.BrH/c1-5-11-30-17-19(25(32)31(26(33)27-6-2)13-8-12-29(3)4)14-21-20-9-7-10-22-24(20)18(16-28-22)15-23(21)30;1-20(2)12-9-11(10-13(20)17-16(12)24-17)23-18(21)19(22,14-5-3-7-25-14)15-6-4-8-26-15;3-1(5,6)2(4,7)8;2*2-1(3,4)5;/h5,7,9-10,16,19,21,23,28H,1,6,8,11-15,17H2,2-4H3,(H,27,33);3-8,11-13,16-17,22H,9-10H2,1-2H3;;;;1H/q;+1;;;;/p-1/t19-,21-,23-;11?,12-,13+,16-,17+;;;;/m1...../s1. The first-order chi connectivity index (χ1) is 35.6. The number of amides is 3. The molecule has 29 heteroatoms. The number of imide groups is 1. The number of carbonyl (C=O) groups excluding carboxylic acids is 3. The highest BCUT2D eigenvalue weighted by Crippen LogP contribution is 2.52. The molecule has 0 radical (unpaired) electrons. The number of quaternary nitrogens is 1. The number of epoxide rings is 1. The lowest BCUT2D eigenvalue weighted by Gasteiger charge is -2.47. The summed E-state index contributed by atoms with van der Waals surface area (Å²) in [4.78, 5) is 46.7. The summed E-state index contributed by atoms with van der Waals surface area (Å²) in [6, 6.07) is 14.5. The van der Waals surface area contributed by atoms with E-state index in [1.54, 1.807) is 12.1 Å². The Morgan fingerprint density at radius 2 is 1.44 bits per heavy atom. The monoisotopic (exact) mass is 1350 g/mol. The third-order valence-corrected chi connectivity index (χ3v) is 16.3. The second kappa shape index (κ2) is 28.1. The third kappa shape index (κ3) is 18.1. The lowest BCUT2D eigenvalue weighted by molar-refractivity contribution is -0.938. The Balaban J connectivity index is 0.000000257. The minimum atomic E-state index is -4.66. The van der Waals surface area contributed by atoms with Gasteiger partial charge in [0.05, 0.1) is 29.8 Å². The van der Waals surface area contributed by atoms with E-state index in [0.29, 0.717) is 59.7 Å². The molecular weight excluding hydrogens is 1290 g/mol. The van der Waals surface area contributed by atoms with Gasteiger partial charge in [-0.3, -0.25) is 14.6 Å². The molecule has 12 nitrogen and oxygen atoms in total. The minimum absolute atomic E-state index is 0. The Hall–Kier alpha value is -1.87. The second-order valence-electron chi connectivity index (χ2n) is 19.5. The molecule has 5 aliphatic rings. The molecule has 4 fully saturated rings. The van der Waals surface area contributed by atoms with Crippen molar-refractivity contribution in [1.82, 2.24) is 25.0 Å². The number of alkyl halides is 14. The maximum atomic E-state index is 13.7. The van der Waals surface area contributed by atoms with Crippen LogP contribution in [-0.2, 0) is 31.1 Å². The highest BCUT2D eigenvalue weighted by Gasteiger charge is 2.71. The quantitative estimate of drug-likeness (QED) is 0.0302. The van der Waals surface area contributed by atoms with Gasteiger partial charge in [0.1, 0.15) is 30.4 Å². The van der Waals surface area contributed by atoms with Gasteiger partial charge in [0, 0.05) is 68.1 Å². The fraction of sp³-hybridized carbons (Fsp3) is 0.571. The predicted molar refractivity (Wildman–Crippen MR) is 291 cm³/mol. The molecule has 0 spiro atoms. The molecule has 3 aromatic heterocycles. The number of hydrogen-bond acceptors (Lipinski definition) is 10. The molecule has 8 atom stereocenters. The number of benzene rings is 1. The molecule has 438 valence electrons. The van der Waals surface area contributed by atoms with Gasteiger partial charge in [0.2, 0.25) is 11.5 Å². The van der Waals surface area contributed by atoms with Crippen LogP contribution in [0.2, 0.25) is 0 Å². The summed E-state index contributed by atoms with van der Waals surface area (Å²) in [6.07, 6.45) is 8.61. The molecule has 9 rings (SSSR count). The van der Waals surface area contributed by atoms with Crippen LogP contribution in [0, 0.1) is 5.92 Å². The van der Waals surface area contributed by atoms with Crippen LogP contribution in [0.1, 0.15) is 59.4 Å². The summed E-state index contributed by atoms with van der Waals surface area (Å²) in [5.41, 5.74) is 2.12. The van der Waals surface area contributed by atoms with Crippen molar-refractivity contribution in [1.29, 1.82) is 0 Å². The van der Waals surface area contributed by atoms with Gasteiger partial charge < -0.3 is 51.2 Å². The van der Waals surface area contributed by atoms with E-state index in [1.807, 2.05) is 50.0 Å². The fourth-order valence-electron chi connectivity index (χ4n) is 10.5. The molecule has 7 heterocycles. The van der Waals surface area contributed by atoms with Crippen molar-refractivity contribution in [2.45, 2.75) is 107 Å². The molecule has 4 aromatic rings. The number of morpholine rings is 1. The molecule has 0 saturated carbocycles. The molecule has 3 amide bonds. The largest absolute Gasteiger partial charge is 1.00 e. The fourth-order valence-corrected chi connectivity index (χ4v) is 12.2. The normalized spacial score (nSPS) is 23.9. The van der Waals surface area contributed by atoms with Crippen LogP contribution in [0.25, 0.3) is 10.9 Å². The van der Waals surface area contributed by atoms with Gasteiger partial charge in [0.25, 0.3) is 0 Å². The molecule has 4 aliphatic heterocycles. The number of likely N-dealkylation sites (tertiary alicyclic amines) is 1. The van der Waals surface area contributed by atoms with Crippen LogP contribution in [0.3, 0.4) is 0 Å². The summed E-state index contributed by atoms with van der Waals surface area (Å²) in [6.45, 7) is 9.02. The Labute approximate surface area is 501 Å². The summed E-state index contributed by atoms with van der Waals surface area (Å²) in [5, 5.41) is 9.94. The van der Waals surface area contributed by atoms with E-state index < -0.39 is 31.2 Å². The van der Waals surface area contributed by atoms with E-state index in [1.165, 1.54) is 44.1 Å². The van der Waals surface area contributed by atoms with Crippen molar-refractivity contribution >= 4 is 133 Å². The van der Waals surface area contributed by atoms with Gasteiger partial charge in [-0.25, -0.2) is 9.59 Å². The van der Waals surface area contributed by atoms with Crippen molar-refractivity contribution in [2.75, 3.05) is 60.9 Å². The van der Waals surface area contributed by atoms with E-state index in [-0.39, 0.29) is 46.9 Å². The average molecular weight is 1350 g/mol. The Morgan fingerprint density at radius 3 is 1.90 bits per heavy atom. The molecular formula is C49H59BrCl7F7N6O6S2. The number of halogens is 15. The van der Waals surface area contributed by atoms with Crippen LogP contribution < -0.4 is 22.3 Å². The maximum absolute atomic E-state index is 13.7. The number of likely N-dealkylation sites (N-methyl/N-ethyl adjacent to an activating group) is 1. The first-order valence-electron chi connectivity index (χ1n) is 23.9. The number of ether oxygens (including phenoxy) is 2. The number of urea groups is 1. The van der Waals surface area contributed by atoms with Crippen LogP contribution >= 0.6 is 104 Å². The summed E-state index contributed by atoms with van der Waals surface area (Å²) in [5.74, 6) is -0.575. The van der Waals surface area contributed by atoms with Crippen LogP contribution in [0.15, 0.2) is 72.1 Å². The van der Waals surface area contributed by atoms with Crippen LogP contribution in [0.5, 0.6) is 0 Å². The number of hydrogen-bond donors (Lipinski definition) is 3. The van der Waals surface area contributed by atoms with Crippen molar-refractivity contribution in [3.05, 3.63) is 93.0 Å². The number of piperidine rings is 2. The third-order valence-electron chi connectivity index (χ3n) is 13.8. The molecule has 3 N–H and O–H groups in total. The first-order valence-corrected chi connectivity index (χ1v) is 28.3. The van der Waals surface area contributed by atoms with Crippen LogP contribution in [-0.4, -0.2) is 164 Å². The molecule has 1 unspecified atom stereocenters. The zero-order valence-electron chi connectivity index (χ0n) is 42.5. The maximum Gasteiger partial charge on any atom is 0.401 e.